The molecule has 2 aromatic carbocycles. The van der Waals surface area contributed by atoms with Gasteiger partial charge in [-0.2, -0.15) is 0 Å². The van der Waals surface area contributed by atoms with Crippen molar-refractivity contribution in [2.45, 2.75) is 32.5 Å². The normalized spacial score (nSPS) is 13.7. The van der Waals surface area contributed by atoms with E-state index in [1.54, 1.807) is 0 Å². The predicted octanol–water partition coefficient (Wildman–Crippen LogP) is 3.11. The lowest BCUT2D eigenvalue weighted by molar-refractivity contribution is -0.128. The summed E-state index contributed by atoms with van der Waals surface area (Å²) in [6.45, 7) is 3.35. The fourth-order valence-corrected chi connectivity index (χ4v) is 3.11. The minimum Gasteiger partial charge on any atom is -0.481 e. The Balaban J connectivity index is 1.49. The summed E-state index contributed by atoms with van der Waals surface area (Å²) in [7, 11) is 0. The van der Waals surface area contributed by atoms with Gasteiger partial charge in [0.1, 0.15) is 12.4 Å². The summed E-state index contributed by atoms with van der Waals surface area (Å²) in [6, 6.07) is 16.3. The molecule has 0 spiro atoms. The second kappa shape index (κ2) is 9.07. The number of amides is 1. The molecule has 1 N–H and O–H groups in total. The smallest absolute Gasteiger partial charge is 0.222 e. The molecule has 0 radical (unpaired) electrons. The number of hydrogen-bond donors (Lipinski definition) is 1. The average molecular weight is 348 g/mol. The molecule has 134 valence electrons. The number of carbonyl (C=O) groups excluding carboxylic acids is 1. The molecule has 1 amide bonds. The van der Waals surface area contributed by atoms with Crippen molar-refractivity contribution in [2.24, 2.45) is 0 Å². The number of likely N-dealkylation sites (tertiary alicyclic amines) is 1. The highest BCUT2D eigenvalue weighted by molar-refractivity contribution is 5.78. The molecule has 4 heteroatoms. The van der Waals surface area contributed by atoms with Crippen molar-refractivity contribution >= 4 is 5.91 Å². The minimum atomic E-state index is 0.265. The van der Waals surface area contributed by atoms with Crippen LogP contribution in [0.15, 0.2) is 48.5 Å². The van der Waals surface area contributed by atoms with Crippen LogP contribution in [-0.2, 0) is 24.4 Å². The van der Waals surface area contributed by atoms with Gasteiger partial charge in [-0.05, 0) is 23.6 Å². The fraction of sp³-hybridized carbons (Fsp3) is 0.318. The van der Waals surface area contributed by atoms with Crippen LogP contribution in [0, 0.1) is 12.3 Å². The second-order valence-electron chi connectivity index (χ2n) is 6.44. The summed E-state index contributed by atoms with van der Waals surface area (Å²) in [6.07, 6.45) is 6.93. The van der Waals surface area contributed by atoms with Gasteiger partial charge in [-0.1, -0.05) is 48.4 Å². The Hall–Kier alpha value is -2.77. The van der Waals surface area contributed by atoms with E-state index in [1.807, 2.05) is 29.2 Å². The molecule has 1 aliphatic rings. The Morgan fingerprint density at radius 2 is 1.85 bits per heavy atom. The summed E-state index contributed by atoms with van der Waals surface area (Å²) in [5.41, 5.74) is 3.48. The van der Waals surface area contributed by atoms with Crippen LogP contribution in [0.2, 0.25) is 0 Å². The molecule has 0 bridgehead atoms. The maximum Gasteiger partial charge on any atom is 0.222 e. The number of terminal acetylenes is 1. The van der Waals surface area contributed by atoms with Crippen molar-refractivity contribution < 1.29 is 9.53 Å². The topological polar surface area (TPSA) is 41.6 Å². The van der Waals surface area contributed by atoms with Gasteiger partial charge in [0, 0.05) is 38.2 Å². The first-order valence-corrected chi connectivity index (χ1v) is 8.97. The lowest BCUT2D eigenvalue weighted by Crippen LogP contribution is -2.23. The maximum absolute atomic E-state index is 11.7. The van der Waals surface area contributed by atoms with E-state index in [2.05, 4.69) is 35.5 Å². The highest BCUT2D eigenvalue weighted by atomic mass is 16.5. The van der Waals surface area contributed by atoms with Crippen molar-refractivity contribution in [3.63, 3.8) is 0 Å². The van der Waals surface area contributed by atoms with E-state index in [1.165, 1.54) is 11.1 Å². The van der Waals surface area contributed by atoms with Gasteiger partial charge in [0.2, 0.25) is 5.91 Å². The third-order valence-corrected chi connectivity index (χ3v) is 4.50. The van der Waals surface area contributed by atoms with E-state index < -0.39 is 0 Å². The zero-order valence-corrected chi connectivity index (χ0v) is 14.9. The Kier molecular flexibility index (Phi) is 6.29. The molecule has 4 nitrogen and oxygen atoms in total. The Labute approximate surface area is 155 Å². The largest absolute Gasteiger partial charge is 0.481 e. The van der Waals surface area contributed by atoms with Crippen molar-refractivity contribution in [1.29, 1.82) is 0 Å². The zero-order valence-electron chi connectivity index (χ0n) is 14.9. The van der Waals surface area contributed by atoms with Gasteiger partial charge in [-0.15, -0.1) is 6.42 Å². The zero-order chi connectivity index (χ0) is 18.2. The molecule has 3 rings (SSSR count). The molecule has 0 aliphatic carbocycles. The molecule has 0 saturated carbocycles. The number of hydrogen-bond acceptors (Lipinski definition) is 3. The van der Waals surface area contributed by atoms with Gasteiger partial charge in [-0.3, -0.25) is 4.79 Å². The lowest BCUT2D eigenvalue weighted by atomic mass is 10.1. The molecule has 2 aromatic rings. The van der Waals surface area contributed by atoms with E-state index in [0.29, 0.717) is 19.5 Å². The molecule has 1 saturated heterocycles. The molecule has 0 aromatic heterocycles. The van der Waals surface area contributed by atoms with Crippen molar-refractivity contribution in [3.05, 3.63) is 65.2 Å². The SMILES string of the molecule is C#CCOc1ccccc1CNCc1ccc(CN2CCCC2=O)cc1. The first-order valence-electron chi connectivity index (χ1n) is 8.97. The molecule has 1 heterocycles. The number of carbonyl (C=O) groups is 1. The number of nitrogens with one attached hydrogen (secondary N) is 1. The van der Waals surface area contributed by atoms with E-state index in [9.17, 15) is 4.79 Å². The van der Waals surface area contributed by atoms with E-state index in [4.69, 9.17) is 11.2 Å². The van der Waals surface area contributed by atoms with Gasteiger partial charge in [-0.25, -0.2) is 0 Å². The summed E-state index contributed by atoms with van der Waals surface area (Å²) >= 11 is 0. The standard InChI is InChI=1S/C22H24N2O2/c1-2-14-26-21-7-4-3-6-20(21)16-23-15-18-9-11-19(12-10-18)17-24-13-5-8-22(24)25/h1,3-4,6-7,9-12,23H,5,8,13-17H2. The summed E-state index contributed by atoms with van der Waals surface area (Å²) in [5.74, 6) is 3.58. The number of rotatable bonds is 8. The molecule has 0 unspecified atom stereocenters. The third-order valence-electron chi connectivity index (χ3n) is 4.50. The summed E-state index contributed by atoms with van der Waals surface area (Å²) in [5, 5.41) is 3.44. The van der Waals surface area contributed by atoms with Crippen LogP contribution in [0.3, 0.4) is 0 Å². The van der Waals surface area contributed by atoms with Crippen molar-refractivity contribution in [1.82, 2.24) is 10.2 Å². The summed E-state index contributed by atoms with van der Waals surface area (Å²) < 4.78 is 5.57. The van der Waals surface area contributed by atoms with Crippen LogP contribution in [-0.4, -0.2) is 24.0 Å². The number of para-hydroxylation sites is 1. The van der Waals surface area contributed by atoms with Crippen LogP contribution < -0.4 is 10.1 Å². The van der Waals surface area contributed by atoms with Crippen LogP contribution in [0.25, 0.3) is 0 Å². The second-order valence-corrected chi connectivity index (χ2v) is 6.44. The maximum atomic E-state index is 11.7. The monoisotopic (exact) mass is 348 g/mol. The van der Waals surface area contributed by atoms with Crippen LogP contribution in [0.1, 0.15) is 29.5 Å². The Bertz CT molecular complexity index is 777. The first-order chi connectivity index (χ1) is 12.8. The van der Waals surface area contributed by atoms with E-state index >= 15 is 0 Å². The molecular weight excluding hydrogens is 324 g/mol. The van der Waals surface area contributed by atoms with Crippen molar-refractivity contribution in [3.8, 4) is 18.1 Å². The molecular formula is C22H24N2O2. The van der Waals surface area contributed by atoms with E-state index in [-0.39, 0.29) is 12.5 Å². The fourth-order valence-electron chi connectivity index (χ4n) is 3.11. The highest BCUT2D eigenvalue weighted by Gasteiger charge is 2.19. The van der Waals surface area contributed by atoms with Gasteiger partial charge in [0.15, 0.2) is 0 Å². The molecule has 26 heavy (non-hydrogen) atoms. The molecule has 0 atom stereocenters. The Morgan fingerprint density at radius 1 is 1.08 bits per heavy atom. The van der Waals surface area contributed by atoms with Crippen LogP contribution in [0.4, 0.5) is 0 Å². The number of nitrogens with zero attached hydrogens (tertiary/aromatic N) is 1. The Morgan fingerprint density at radius 3 is 2.58 bits per heavy atom. The predicted molar refractivity (Wildman–Crippen MR) is 102 cm³/mol. The van der Waals surface area contributed by atoms with E-state index in [0.717, 1.165) is 30.8 Å². The van der Waals surface area contributed by atoms with Crippen LogP contribution >= 0.6 is 0 Å². The summed E-state index contributed by atoms with van der Waals surface area (Å²) in [4.78, 5) is 13.6. The average Bonchev–Trinajstić information content (AvgIpc) is 3.07. The quantitative estimate of drug-likeness (QED) is 0.746. The van der Waals surface area contributed by atoms with Gasteiger partial charge < -0.3 is 15.0 Å². The van der Waals surface area contributed by atoms with Gasteiger partial charge in [0.05, 0.1) is 0 Å². The minimum absolute atomic E-state index is 0.265. The molecule has 1 aliphatic heterocycles. The third kappa shape index (κ3) is 4.87. The van der Waals surface area contributed by atoms with Crippen molar-refractivity contribution in [2.75, 3.05) is 13.2 Å². The number of ether oxygens (including phenoxy) is 1. The van der Waals surface area contributed by atoms with Gasteiger partial charge in [0.25, 0.3) is 0 Å². The number of benzene rings is 2. The molecule has 1 fully saturated rings. The lowest BCUT2D eigenvalue weighted by Gasteiger charge is -2.15. The van der Waals surface area contributed by atoms with Gasteiger partial charge >= 0.3 is 0 Å². The highest BCUT2D eigenvalue weighted by Crippen LogP contribution is 2.18. The first kappa shape index (κ1) is 18.0. The van der Waals surface area contributed by atoms with Crippen LogP contribution in [0.5, 0.6) is 5.75 Å².